The summed E-state index contributed by atoms with van der Waals surface area (Å²) in [5, 5.41) is 6.69. The summed E-state index contributed by atoms with van der Waals surface area (Å²) in [6.07, 6.45) is -0.830. The van der Waals surface area contributed by atoms with Gasteiger partial charge in [-0.2, -0.15) is 13.9 Å². The lowest BCUT2D eigenvalue weighted by atomic mass is 10.1. The smallest absolute Gasteiger partial charge is 0.315 e. The number of nitrogens with zero attached hydrogens (tertiary/aromatic N) is 2. The Balaban J connectivity index is 1.70. The second-order valence-corrected chi connectivity index (χ2v) is 5.38. The highest BCUT2D eigenvalue weighted by Gasteiger charge is 2.26. The van der Waals surface area contributed by atoms with Crippen LogP contribution in [-0.2, 0) is 22.5 Å². The molecule has 1 aliphatic heterocycles. The Hall–Kier alpha value is -2.28. The van der Waals surface area contributed by atoms with Crippen LogP contribution in [0.4, 0.5) is 8.78 Å². The van der Waals surface area contributed by atoms with Crippen molar-refractivity contribution in [3.05, 3.63) is 53.3 Å². The number of amides is 1. The molecule has 1 N–H and O–H groups in total. The number of carbonyl (C=O) groups excluding carboxylic acids is 1. The van der Waals surface area contributed by atoms with E-state index in [4.69, 9.17) is 4.74 Å². The lowest BCUT2D eigenvalue weighted by molar-refractivity contribution is -0.132. The van der Waals surface area contributed by atoms with E-state index in [-0.39, 0.29) is 6.54 Å². The highest BCUT2D eigenvalue weighted by Crippen LogP contribution is 2.25. The van der Waals surface area contributed by atoms with Gasteiger partial charge < -0.3 is 10.1 Å². The molecule has 0 bridgehead atoms. The van der Waals surface area contributed by atoms with Crippen LogP contribution < -0.4 is 5.32 Å². The van der Waals surface area contributed by atoms with Gasteiger partial charge in [0.05, 0.1) is 18.8 Å². The van der Waals surface area contributed by atoms with E-state index in [1.165, 1.54) is 0 Å². The van der Waals surface area contributed by atoms with Crippen molar-refractivity contribution in [3.63, 3.8) is 0 Å². The third kappa shape index (κ3) is 3.73. The molecule has 0 saturated carbocycles. The van der Waals surface area contributed by atoms with E-state index < -0.39 is 18.4 Å². The van der Waals surface area contributed by atoms with E-state index in [9.17, 15) is 13.6 Å². The average Bonchev–Trinajstić information content (AvgIpc) is 2.96. The number of carbonyl (C=O) groups is 1. The van der Waals surface area contributed by atoms with Gasteiger partial charge in [0.25, 0.3) is 5.91 Å². The van der Waals surface area contributed by atoms with Crippen LogP contribution in [0.5, 0.6) is 0 Å². The van der Waals surface area contributed by atoms with Crippen molar-refractivity contribution in [1.82, 2.24) is 15.1 Å². The standard InChI is InChI=1S/C16H17F2N3O2/c17-15(18)16(22)19-8-13-14-12(6-7-23-13)10-21(20-14)9-11-4-2-1-3-5-11/h1-5,10,13,15H,6-9H2,(H,19,22)/t13-/m0/s1. The molecule has 1 aromatic heterocycles. The molecule has 0 unspecified atom stereocenters. The van der Waals surface area contributed by atoms with Crippen LogP contribution >= 0.6 is 0 Å². The fourth-order valence-corrected chi connectivity index (χ4v) is 2.61. The summed E-state index contributed by atoms with van der Waals surface area (Å²) in [5.74, 6) is -1.29. The minimum Gasteiger partial charge on any atom is -0.370 e. The lowest BCUT2D eigenvalue weighted by Gasteiger charge is -2.22. The number of halogens is 2. The Bertz CT molecular complexity index is 673. The zero-order valence-corrected chi connectivity index (χ0v) is 12.4. The Morgan fingerprint density at radius 1 is 1.39 bits per heavy atom. The number of rotatable bonds is 5. The third-order valence-electron chi connectivity index (χ3n) is 3.71. The molecule has 0 radical (unpaired) electrons. The lowest BCUT2D eigenvalue weighted by Crippen LogP contribution is -2.35. The van der Waals surface area contributed by atoms with Crippen LogP contribution in [0.2, 0.25) is 0 Å². The number of fused-ring (bicyclic) bond motifs is 1. The quantitative estimate of drug-likeness (QED) is 0.915. The van der Waals surface area contributed by atoms with E-state index in [0.717, 1.165) is 17.5 Å². The molecule has 0 spiro atoms. The highest BCUT2D eigenvalue weighted by molar-refractivity contribution is 5.79. The van der Waals surface area contributed by atoms with Crippen molar-refractivity contribution in [1.29, 1.82) is 0 Å². The zero-order chi connectivity index (χ0) is 16.2. The van der Waals surface area contributed by atoms with E-state index in [1.807, 2.05) is 41.2 Å². The first kappa shape index (κ1) is 15.6. The maximum Gasteiger partial charge on any atom is 0.315 e. The Morgan fingerprint density at radius 2 is 2.17 bits per heavy atom. The van der Waals surface area contributed by atoms with E-state index >= 15 is 0 Å². The third-order valence-corrected chi connectivity index (χ3v) is 3.71. The maximum absolute atomic E-state index is 12.3. The van der Waals surface area contributed by atoms with Gasteiger partial charge in [-0.3, -0.25) is 9.48 Å². The second kappa shape index (κ2) is 6.87. The second-order valence-electron chi connectivity index (χ2n) is 5.38. The molecular formula is C16H17F2N3O2. The molecule has 0 fully saturated rings. The maximum atomic E-state index is 12.3. The van der Waals surface area contributed by atoms with Gasteiger partial charge in [-0.15, -0.1) is 0 Å². The van der Waals surface area contributed by atoms with E-state index in [0.29, 0.717) is 18.8 Å². The van der Waals surface area contributed by atoms with Gasteiger partial charge in [0, 0.05) is 12.7 Å². The molecule has 23 heavy (non-hydrogen) atoms. The first-order valence-electron chi connectivity index (χ1n) is 7.41. The van der Waals surface area contributed by atoms with Gasteiger partial charge in [-0.1, -0.05) is 30.3 Å². The van der Waals surface area contributed by atoms with Crippen molar-refractivity contribution in [2.45, 2.75) is 25.5 Å². The molecule has 122 valence electrons. The van der Waals surface area contributed by atoms with Crippen molar-refractivity contribution in [2.75, 3.05) is 13.2 Å². The van der Waals surface area contributed by atoms with Gasteiger partial charge >= 0.3 is 6.43 Å². The molecule has 0 aliphatic carbocycles. The predicted molar refractivity (Wildman–Crippen MR) is 79.2 cm³/mol. The zero-order valence-electron chi connectivity index (χ0n) is 12.4. The van der Waals surface area contributed by atoms with Crippen molar-refractivity contribution < 1.29 is 18.3 Å². The normalized spacial score (nSPS) is 17.1. The number of aromatic nitrogens is 2. The number of benzene rings is 1. The molecule has 3 rings (SSSR count). The Kier molecular flexibility index (Phi) is 4.66. The minimum absolute atomic E-state index is 0.00146. The Morgan fingerprint density at radius 3 is 2.91 bits per heavy atom. The highest BCUT2D eigenvalue weighted by atomic mass is 19.3. The molecule has 1 aliphatic rings. The predicted octanol–water partition coefficient (Wildman–Crippen LogP) is 1.93. The summed E-state index contributed by atoms with van der Waals surface area (Å²) < 4.78 is 31.9. The number of ether oxygens (including phenoxy) is 1. The molecule has 2 heterocycles. The van der Waals surface area contributed by atoms with E-state index in [1.54, 1.807) is 0 Å². The summed E-state index contributed by atoms with van der Waals surface area (Å²) in [4.78, 5) is 11.0. The van der Waals surface area contributed by atoms with Crippen LogP contribution in [0.25, 0.3) is 0 Å². The molecule has 1 aromatic carbocycles. The molecular weight excluding hydrogens is 304 g/mol. The first-order valence-corrected chi connectivity index (χ1v) is 7.41. The van der Waals surface area contributed by atoms with Crippen molar-refractivity contribution in [2.24, 2.45) is 0 Å². The van der Waals surface area contributed by atoms with Crippen LogP contribution in [0, 0.1) is 0 Å². The van der Waals surface area contributed by atoms with Gasteiger partial charge in [-0.25, -0.2) is 0 Å². The summed E-state index contributed by atoms with van der Waals surface area (Å²) >= 11 is 0. The van der Waals surface area contributed by atoms with Gasteiger partial charge in [-0.05, 0) is 17.5 Å². The average molecular weight is 321 g/mol. The largest absolute Gasteiger partial charge is 0.370 e. The fourth-order valence-electron chi connectivity index (χ4n) is 2.61. The summed E-state index contributed by atoms with van der Waals surface area (Å²) in [7, 11) is 0. The topological polar surface area (TPSA) is 56.1 Å². The van der Waals surface area contributed by atoms with Crippen molar-refractivity contribution in [3.8, 4) is 0 Å². The minimum atomic E-state index is -3.02. The Labute approximate surface area is 132 Å². The van der Waals surface area contributed by atoms with Crippen LogP contribution in [0.3, 0.4) is 0 Å². The molecule has 2 aromatic rings. The molecule has 5 nitrogen and oxygen atoms in total. The number of hydrogen-bond donors (Lipinski definition) is 1. The van der Waals surface area contributed by atoms with Gasteiger partial charge in [0.2, 0.25) is 0 Å². The molecule has 0 saturated heterocycles. The van der Waals surface area contributed by atoms with Crippen LogP contribution in [0.15, 0.2) is 36.5 Å². The molecule has 7 heteroatoms. The monoisotopic (exact) mass is 321 g/mol. The van der Waals surface area contributed by atoms with Crippen LogP contribution in [-0.4, -0.2) is 35.3 Å². The first-order chi connectivity index (χ1) is 11.1. The summed E-state index contributed by atoms with van der Waals surface area (Å²) in [6, 6.07) is 9.90. The van der Waals surface area contributed by atoms with Crippen molar-refractivity contribution >= 4 is 5.91 Å². The number of nitrogens with one attached hydrogen (secondary N) is 1. The SMILES string of the molecule is O=C(NC[C@@H]1OCCc2cn(Cc3ccccc3)nc21)C(F)F. The van der Waals surface area contributed by atoms with E-state index in [2.05, 4.69) is 10.4 Å². The molecule has 1 amide bonds. The van der Waals surface area contributed by atoms with Gasteiger partial charge in [0.15, 0.2) is 0 Å². The number of hydrogen-bond acceptors (Lipinski definition) is 3. The summed E-state index contributed by atoms with van der Waals surface area (Å²) in [6.45, 7) is 1.11. The van der Waals surface area contributed by atoms with Gasteiger partial charge in [0.1, 0.15) is 6.10 Å². The number of alkyl halides is 2. The fraction of sp³-hybridized carbons (Fsp3) is 0.375. The molecule has 1 atom stereocenters. The summed E-state index contributed by atoms with van der Waals surface area (Å²) in [5.41, 5.74) is 2.86. The van der Waals surface area contributed by atoms with Crippen LogP contribution in [0.1, 0.15) is 22.9 Å².